The first kappa shape index (κ1) is 23.0. The average Bonchev–Trinajstić information content (AvgIpc) is 3.51. The normalized spacial score (nSPS) is 15.7. The van der Waals surface area contributed by atoms with E-state index in [4.69, 9.17) is 11.6 Å². The van der Waals surface area contributed by atoms with Crippen LogP contribution >= 0.6 is 11.6 Å². The number of halogens is 2. The van der Waals surface area contributed by atoms with E-state index in [9.17, 15) is 14.0 Å². The molecule has 1 saturated carbocycles. The summed E-state index contributed by atoms with van der Waals surface area (Å²) in [6.45, 7) is 5.79. The standard InChI is InChI=1S/C26H25ClFN3O2/c1-26(2,3)25(33)29-15-18-9-11-20(27)23(13-18)31-24(32)14-22(30-31)19-10-8-17(12-21(19)28)7-6-16-4-5-16/h8-13,16H,4-5,14-15H2,1-3H3,(H,29,33). The Morgan fingerprint density at radius 2 is 2.00 bits per heavy atom. The first-order chi connectivity index (χ1) is 15.6. The molecule has 0 radical (unpaired) electrons. The number of hydrogen-bond acceptors (Lipinski definition) is 3. The van der Waals surface area contributed by atoms with Crippen molar-refractivity contribution in [2.75, 3.05) is 5.01 Å². The molecule has 170 valence electrons. The molecule has 0 saturated heterocycles. The summed E-state index contributed by atoms with van der Waals surface area (Å²) < 4.78 is 14.8. The van der Waals surface area contributed by atoms with Gasteiger partial charge in [-0.2, -0.15) is 10.1 Å². The van der Waals surface area contributed by atoms with Gasteiger partial charge in [0.15, 0.2) is 0 Å². The molecule has 2 aliphatic rings. The van der Waals surface area contributed by atoms with Gasteiger partial charge in [-0.1, -0.05) is 50.3 Å². The number of carbonyl (C=O) groups is 2. The lowest BCUT2D eigenvalue weighted by atomic mass is 9.95. The molecule has 0 unspecified atom stereocenters. The Morgan fingerprint density at radius 1 is 1.24 bits per heavy atom. The zero-order valence-electron chi connectivity index (χ0n) is 18.8. The number of benzene rings is 2. The fourth-order valence-corrected chi connectivity index (χ4v) is 3.48. The van der Waals surface area contributed by atoms with Gasteiger partial charge in [-0.3, -0.25) is 9.59 Å². The van der Waals surface area contributed by atoms with Gasteiger partial charge in [-0.15, -0.1) is 0 Å². The molecule has 0 spiro atoms. The zero-order valence-corrected chi connectivity index (χ0v) is 19.6. The van der Waals surface area contributed by atoms with E-state index < -0.39 is 11.2 Å². The van der Waals surface area contributed by atoms with Crippen molar-refractivity contribution in [3.8, 4) is 11.8 Å². The molecule has 2 aromatic rings. The van der Waals surface area contributed by atoms with Gasteiger partial charge in [0.1, 0.15) is 5.82 Å². The molecule has 1 aliphatic heterocycles. The third-order valence-corrected chi connectivity index (χ3v) is 5.75. The van der Waals surface area contributed by atoms with Crippen molar-refractivity contribution >= 4 is 34.8 Å². The van der Waals surface area contributed by atoms with Gasteiger partial charge in [0.2, 0.25) is 5.91 Å². The maximum atomic E-state index is 14.8. The fraction of sp³-hybridized carbons (Fsp3) is 0.346. The SMILES string of the molecule is CC(C)(C)C(=O)NCc1ccc(Cl)c(N2N=C(c3ccc(C#CC4CC4)cc3F)CC2=O)c1. The van der Waals surface area contributed by atoms with Crippen molar-refractivity contribution < 1.29 is 14.0 Å². The summed E-state index contributed by atoms with van der Waals surface area (Å²) in [5, 5.41) is 8.79. The molecule has 2 amide bonds. The minimum atomic E-state index is -0.511. The van der Waals surface area contributed by atoms with E-state index in [-0.39, 0.29) is 30.3 Å². The molecule has 1 fully saturated rings. The van der Waals surface area contributed by atoms with Gasteiger partial charge < -0.3 is 5.32 Å². The van der Waals surface area contributed by atoms with Crippen LogP contribution < -0.4 is 10.3 Å². The Kier molecular flexibility index (Phi) is 6.27. The Balaban J connectivity index is 1.55. The van der Waals surface area contributed by atoms with Crippen LogP contribution in [0.1, 0.15) is 56.7 Å². The molecule has 0 atom stereocenters. The number of amides is 2. The number of rotatable bonds is 4. The second-order valence-corrected chi connectivity index (χ2v) is 9.79. The van der Waals surface area contributed by atoms with E-state index in [1.165, 1.54) is 11.1 Å². The summed E-state index contributed by atoms with van der Waals surface area (Å²) in [6, 6.07) is 9.89. The maximum Gasteiger partial charge on any atom is 0.253 e. The highest BCUT2D eigenvalue weighted by Crippen LogP contribution is 2.32. The predicted octanol–water partition coefficient (Wildman–Crippen LogP) is 5.04. The number of hydrazone groups is 1. The number of carbonyl (C=O) groups excluding carboxylic acids is 2. The van der Waals surface area contributed by atoms with Crippen molar-refractivity contribution in [1.82, 2.24) is 5.32 Å². The molecule has 2 aromatic carbocycles. The predicted molar refractivity (Wildman–Crippen MR) is 127 cm³/mol. The molecule has 0 aromatic heterocycles. The van der Waals surface area contributed by atoms with Crippen LogP contribution in [-0.2, 0) is 16.1 Å². The highest BCUT2D eigenvalue weighted by atomic mass is 35.5. The summed E-state index contributed by atoms with van der Waals surface area (Å²) in [5.41, 5.74) is 1.87. The van der Waals surface area contributed by atoms with Crippen LogP contribution in [0.3, 0.4) is 0 Å². The monoisotopic (exact) mass is 465 g/mol. The van der Waals surface area contributed by atoms with Crippen molar-refractivity contribution in [3.05, 3.63) is 63.9 Å². The van der Waals surface area contributed by atoms with Gasteiger partial charge in [-0.05, 0) is 48.7 Å². The van der Waals surface area contributed by atoms with E-state index in [0.717, 1.165) is 18.4 Å². The zero-order chi connectivity index (χ0) is 23.8. The van der Waals surface area contributed by atoms with Crippen LogP contribution in [0.4, 0.5) is 10.1 Å². The number of hydrogen-bond donors (Lipinski definition) is 1. The van der Waals surface area contributed by atoms with Gasteiger partial charge in [0.25, 0.3) is 5.91 Å². The number of nitrogens with one attached hydrogen (secondary N) is 1. The average molecular weight is 466 g/mol. The minimum absolute atomic E-state index is 0.0364. The van der Waals surface area contributed by atoms with Crippen LogP contribution in [0.5, 0.6) is 0 Å². The smallest absolute Gasteiger partial charge is 0.253 e. The van der Waals surface area contributed by atoms with E-state index >= 15 is 0 Å². The Morgan fingerprint density at radius 3 is 2.67 bits per heavy atom. The van der Waals surface area contributed by atoms with Crippen molar-refractivity contribution in [1.29, 1.82) is 0 Å². The third kappa shape index (κ3) is 5.43. The summed E-state index contributed by atoms with van der Waals surface area (Å²) in [7, 11) is 0. The molecule has 4 rings (SSSR count). The van der Waals surface area contributed by atoms with Gasteiger partial charge in [-0.25, -0.2) is 4.39 Å². The highest BCUT2D eigenvalue weighted by molar-refractivity contribution is 6.34. The largest absolute Gasteiger partial charge is 0.352 e. The molecule has 33 heavy (non-hydrogen) atoms. The number of anilines is 1. The first-order valence-electron chi connectivity index (χ1n) is 10.9. The molecule has 0 bridgehead atoms. The van der Waals surface area contributed by atoms with Crippen LogP contribution in [0.15, 0.2) is 41.5 Å². The summed E-state index contributed by atoms with van der Waals surface area (Å²) in [6.07, 6.45) is 2.18. The summed E-state index contributed by atoms with van der Waals surface area (Å²) >= 11 is 6.35. The lowest BCUT2D eigenvalue weighted by molar-refractivity contribution is -0.128. The Hall–Kier alpha value is -3.17. The second-order valence-electron chi connectivity index (χ2n) is 9.39. The van der Waals surface area contributed by atoms with E-state index in [1.807, 2.05) is 20.8 Å². The van der Waals surface area contributed by atoms with E-state index in [1.54, 1.807) is 30.3 Å². The summed E-state index contributed by atoms with van der Waals surface area (Å²) in [4.78, 5) is 24.9. The second kappa shape index (κ2) is 8.99. The molecule has 1 heterocycles. The van der Waals surface area contributed by atoms with Crippen LogP contribution in [0.25, 0.3) is 0 Å². The van der Waals surface area contributed by atoms with Crippen LogP contribution in [0.2, 0.25) is 5.02 Å². The lowest BCUT2D eigenvalue weighted by Gasteiger charge is -2.19. The Bertz CT molecular complexity index is 1220. The third-order valence-electron chi connectivity index (χ3n) is 5.43. The van der Waals surface area contributed by atoms with Gasteiger partial charge in [0.05, 0.1) is 22.8 Å². The maximum absolute atomic E-state index is 14.8. The van der Waals surface area contributed by atoms with Gasteiger partial charge in [0, 0.05) is 29.0 Å². The fourth-order valence-electron chi connectivity index (χ4n) is 3.29. The quantitative estimate of drug-likeness (QED) is 0.643. The van der Waals surface area contributed by atoms with Gasteiger partial charge >= 0.3 is 0 Å². The lowest BCUT2D eigenvalue weighted by Crippen LogP contribution is -2.34. The van der Waals surface area contributed by atoms with Crippen molar-refractivity contribution in [2.24, 2.45) is 16.4 Å². The number of nitrogens with zero attached hydrogens (tertiary/aromatic N) is 2. The molecular weight excluding hydrogens is 441 g/mol. The summed E-state index contributed by atoms with van der Waals surface area (Å²) in [5.74, 6) is 5.69. The molecule has 1 N–H and O–H groups in total. The van der Waals surface area contributed by atoms with Crippen molar-refractivity contribution in [3.63, 3.8) is 0 Å². The minimum Gasteiger partial charge on any atom is -0.352 e. The first-order valence-corrected chi connectivity index (χ1v) is 11.3. The molecule has 5 nitrogen and oxygen atoms in total. The highest BCUT2D eigenvalue weighted by Gasteiger charge is 2.29. The van der Waals surface area contributed by atoms with E-state index in [0.29, 0.717) is 27.9 Å². The van der Waals surface area contributed by atoms with Crippen LogP contribution in [0, 0.1) is 29.0 Å². The van der Waals surface area contributed by atoms with Crippen molar-refractivity contribution in [2.45, 2.75) is 46.6 Å². The van der Waals surface area contributed by atoms with E-state index in [2.05, 4.69) is 22.3 Å². The molecule has 7 heteroatoms. The molecule has 1 aliphatic carbocycles. The topological polar surface area (TPSA) is 61.8 Å². The Labute approximate surface area is 198 Å². The molecular formula is C26H25ClFN3O2. The van der Waals surface area contributed by atoms with Crippen LogP contribution in [-0.4, -0.2) is 17.5 Å².